The number of aromatic hydroxyl groups is 1. The average molecular weight is 348 g/mol. The van der Waals surface area contributed by atoms with E-state index in [-0.39, 0.29) is 17.1 Å². The van der Waals surface area contributed by atoms with E-state index in [0.717, 1.165) is 24.8 Å². The van der Waals surface area contributed by atoms with Gasteiger partial charge in [0.25, 0.3) is 0 Å². The molecule has 1 saturated carbocycles. The summed E-state index contributed by atoms with van der Waals surface area (Å²) in [6, 6.07) is 7.20. The molecule has 140 valence electrons. The van der Waals surface area contributed by atoms with Gasteiger partial charge in [-0.2, -0.15) is 0 Å². The molecule has 0 spiro atoms. The number of phenolic OH excluding ortho intramolecular Hbond substituents is 1. The monoisotopic (exact) mass is 348 g/mol. The van der Waals surface area contributed by atoms with Crippen molar-refractivity contribution in [3.05, 3.63) is 29.8 Å². The molecule has 1 aliphatic carbocycles. The molecule has 0 saturated heterocycles. The van der Waals surface area contributed by atoms with Crippen molar-refractivity contribution >= 4 is 5.97 Å². The Hall–Kier alpha value is -1.55. The van der Waals surface area contributed by atoms with Crippen molar-refractivity contribution < 1.29 is 19.7 Å². The van der Waals surface area contributed by atoms with Crippen LogP contribution >= 0.6 is 0 Å². The lowest BCUT2D eigenvalue weighted by Gasteiger charge is -2.27. The third-order valence-electron chi connectivity index (χ3n) is 5.49. The highest BCUT2D eigenvalue weighted by atomic mass is 16.5. The molecule has 0 bridgehead atoms. The fraction of sp³-hybridized carbons (Fsp3) is 0.667. The highest BCUT2D eigenvalue weighted by Crippen LogP contribution is 2.32. The lowest BCUT2D eigenvalue weighted by molar-refractivity contribution is -0.143. The Labute approximate surface area is 151 Å². The van der Waals surface area contributed by atoms with Crippen molar-refractivity contribution in [3.63, 3.8) is 0 Å². The number of phenols is 1. The smallest absolute Gasteiger partial charge is 0.306 e. The highest BCUT2D eigenvalue weighted by molar-refractivity contribution is 5.69. The van der Waals surface area contributed by atoms with Crippen molar-refractivity contribution in [2.75, 3.05) is 6.61 Å². The van der Waals surface area contributed by atoms with Gasteiger partial charge in [-0.1, -0.05) is 45.2 Å². The number of carbonyl (C=O) groups is 1. The summed E-state index contributed by atoms with van der Waals surface area (Å²) in [6.07, 6.45) is 8.33. The molecule has 2 N–H and O–H groups in total. The van der Waals surface area contributed by atoms with Gasteiger partial charge >= 0.3 is 5.97 Å². The Morgan fingerprint density at radius 3 is 2.40 bits per heavy atom. The summed E-state index contributed by atoms with van der Waals surface area (Å²) in [7, 11) is 0. The van der Waals surface area contributed by atoms with Gasteiger partial charge in [-0.25, -0.2) is 0 Å². The van der Waals surface area contributed by atoms with Gasteiger partial charge in [-0.05, 0) is 55.2 Å². The molecular formula is C21H32O4. The minimum Gasteiger partial charge on any atom is -0.508 e. The number of aliphatic carboxylic acids is 1. The van der Waals surface area contributed by atoms with Gasteiger partial charge < -0.3 is 14.9 Å². The van der Waals surface area contributed by atoms with Crippen LogP contribution in [0.5, 0.6) is 5.75 Å². The maximum atomic E-state index is 11.6. The second-order valence-corrected chi connectivity index (χ2v) is 7.92. The average Bonchev–Trinajstić information content (AvgIpc) is 2.59. The van der Waals surface area contributed by atoms with Crippen LogP contribution in [0, 0.1) is 5.92 Å². The first kappa shape index (κ1) is 19.8. The fourth-order valence-electron chi connectivity index (χ4n) is 3.59. The van der Waals surface area contributed by atoms with E-state index in [1.807, 2.05) is 12.1 Å². The van der Waals surface area contributed by atoms with Gasteiger partial charge in [0.15, 0.2) is 0 Å². The van der Waals surface area contributed by atoms with Gasteiger partial charge in [0.2, 0.25) is 0 Å². The summed E-state index contributed by atoms with van der Waals surface area (Å²) in [5.74, 6) is -0.837. The van der Waals surface area contributed by atoms with Gasteiger partial charge in [0, 0.05) is 6.61 Å². The minimum absolute atomic E-state index is 0.119. The predicted molar refractivity (Wildman–Crippen MR) is 98.9 cm³/mol. The summed E-state index contributed by atoms with van der Waals surface area (Å²) in [5, 5.41) is 19.0. The second kappa shape index (κ2) is 9.23. The number of hydrogen-bond acceptors (Lipinski definition) is 3. The first-order valence-corrected chi connectivity index (χ1v) is 9.52. The highest BCUT2D eigenvalue weighted by Gasteiger charge is 2.25. The van der Waals surface area contributed by atoms with Crippen LogP contribution in [0.1, 0.15) is 70.8 Å². The number of benzene rings is 1. The molecule has 1 fully saturated rings. The largest absolute Gasteiger partial charge is 0.508 e. The Balaban J connectivity index is 1.81. The molecule has 1 unspecified atom stereocenters. The number of carboxylic acid groups (broad SMARTS) is 1. The molecule has 1 aliphatic rings. The standard InChI is InChI=1S/C21H32O4/c1-21(2,17-8-10-18(22)11-9-17)14-12-16(20(23)24)13-15-25-19-6-4-3-5-7-19/h8-11,16,19,22H,3-7,12-15H2,1-2H3,(H,23,24). The van der Waals surface area contributed by atoms with Crippen molar-refractivity contribution in [1.29, 1.82) is 0 Å². The summed E-state index contributed by atoms with van der Waals surface area (Å²) in [6.45, 7) is 4.79. The molecule has 4 nitrogen and oxygen atoms in total. The Morgan fingerprint density at radius 2 is 1.80 bits per heavy atom. The van der Waals surface area contributed by atoms with E-state index >= 15 is 0 Å². The molecule has 1 aromatic rings. The molecule has 0 aliphatic heterocycles. The molecular weight excluding hydrogens is 316 g/mol. The number of rotatable bonds is 9. The van der Waals surface area contributed by atoms with E-state index in [1.54, 1.807) is 12.1 Å². The van der Waals surface area contributed by atoms with Crippen LogP contribution < -0.4 is 0 Å². The third kappa shape index (κ3) is 6.35. The zero-order chi connectivity index (χ0) is 18.3. The van der Waals surface area contributed by atoms with Crippen LogP contribution in [-0.2, 0) is 14.9 Å². The molecule has 0 heterocycles. The second-order valence-electron chi connectivity index (χ2n) is 7.92. The zero-order valence-corrected chi connectivity index (χ0v) is 15.5. The van der Waals surface area contributed by atoms with Crippen molar-refractivity contribution in [3.8, 4) is 5.75 Å². The molecule has 0 amide bonds. The molecule has 0 radical (unpaired) electrons. The third-order valence-corrected chi connectivity index (χ3v) is 5.49. The van der Waals surface area contributed by atoms with E-state index in [9.17, 15) is 15.0 Å². The first-order chi connectivity index (χ1) is 11.9. The van der Waals surface area contributed by atoms with Gasteiger partial charge in [0.1, 0.15) is 5.75 Å². The topological polar surface area (TPSA) is 66.8 Å². The van der Waals surface area contributed by atoms with Crippen LogP contribution in [0.15, 0.2) is 24.3 Å². The Kier molecular flexibility index (Phi) is 7.30. The maximum absolute atomic E-state index is 11.6. The fourth-order valence-corrected chi connectivity index (χ4v) is 3.59. The minimum atomic E-state index is -0.728. The van der Waals surface area contributed by atoms with E-state index in [1.165, 1.54) is 19.3 Å². The van der Waals surface area contributed by atoms with Gasteiger partial charge in [-0.3, -0.25) is 4.79 Å². The summed E-state index contributed by atoms with van der Waals surface area (Å²) in [5.41, 5.74) is 0.999. The number of hydrogen-bond donors (Lipinski definition) is 2. The molecule has 1 aromatic carbocycles. The first-order valence-electron chi connectivity index (χ1n) is 9.52. The van der Waals surface area contributed by atoms with Crippen molar-refractivity contribution in [2.45, 2.75) is 76.7 Å². The normalized spacial score (nSPS) is 17.4. The van der Waals surface area contributed by atoms with Crippen LogP contribution in [0.3, 0.4) is 0 Å². The van der Waals surface area contributed by atoms with Crippen LogP contribution in [0.25, 0.3) is 0 Å². The van der Waals surface area contributed by atoms with E-state index in [2.05, 4.69) is 13.8 Å². The van der Waals surface area contributed by atoms with E-state index < -0.39 is 5.97 Å². The van der Waals surface area contributed by atoms with Crippen LogP contribution in [0.2, 0.25) is 0 Å². The lowest BCUT2D eigenvalue weighted by Crippen LogP contribution is -2.24. The molecule has 1 atom stereocenters. The quantitative estimate of drug-likeness (QED) is 0.667. The molecule has 0 aromatic heterocycles. The zero-order valence-electron chi connectivity index (χ0n) is 15.5. The number of carboxylic acids is 1. The number of ether oxygens (including phenoxy) is 1. The van der Waals surface area contributed by atoms with Crippen LogP contribution in [0.4, 0.5) is 0 Å². The van der Waals surface area contributed by atoms with Crippen LogP contribution in [-0.4, -0.2) is 28.9 Å². The summed E-state index contributed by atoms with van der Waals surface area (Å²) >= 11 is 0. The van der Waals surface area contributed by atoms with Crippen molar-refractivity contribution in [1.82, 2.24) is 0 Å². The SMILES string of the molecule is CC(C)(CCC(CCOC1CCCCC1)C(=O)O)c1ccc(O)cc1. The Morgan fingerprint density at radius 1 is 1.16 bits per heavy atom. The van der Waals surface area contributed by atoms with Gasteiger partial charge in [0.05, 0.1) is 12.0 Å². The Bertz CT molecular complexity index is 529. The molecule has 25 heavy (non-hydrogen) atoms. The molecule has 2 rings (SSSR count). The van der Waals surface area contributed by atoms with E-state index in [0.29, 0.717) is 25.6 Å². The van der Waals surface area contributed by atoms with Gasteiger partial charge in [-0.15, -0.1) is 0 Å². The summed E-state index contributed by atoms with van der Waals surface area (Å²) < 4.78 is 5.90. The van der Waals surface area contributed by atoms with Crippen molar-refractivity contribution in [2.24, 2.45) is 5.92 Å². The predicted octanol–water partition coefficient (Wildman–Crippen LogP) is 4.89. The van der Waals surface area contributed by atoms with E-state index in [4.69, 9.17) is 4.74 Å². The molecule has 4 heteroatoms. The maximum Gasteiger partial charge on any atom is 0.306 e. The lowest BCUT2D eigenvalue weighted by atomic mass is 9.78. The summed E-state index contributed by atoms with van der Waals surface area (Å²) in [4.78, 5) is 11.6.